The second-order valence-corrected chi connectivity index (χ2v) is 6.85. The molecule has 0 unspecified atom stereocenters. The number of esters is 1. The number of carbonyl (C=O) groups excluding carboxylic acids is 2. The van der Waals surface area contributed by atoms with Crippen LogP contribution in [-0.2, 0) is 4.74 Å². The van der Waals surface area contributed by atoms with Gasteiger partial charge in [-0.05, 0) is 61.5 Å². The van der Waals surface area contributed by atoms with Gasteiger partial charge >= 0.3 is 12.0 Å². The van der Waals surface area contributed by atoms with E-state index in [0.29, 0.717) is 22.5 Å². The van der Waals surface area contributed by atoms with Crippen molar-refractivity contribution < 1.29 is 23.1 Å². The van der Waals surface area contributed by atoms with Crippen molar-refractivity contribution in [2.45, 2.75) is 6.92 Å². The Balaban J connectivity index is 1.45. The quantitative estimate of drug-likeness (QED) is 0.386. The van der Waals surface area contributed by atoms with Crippen LogP contribution < -0.4 is 10.6 Å². The van der Waals surface area contributed by atoms with Crippen LogP contribution >= 0.6 is 0 Å². The molecule has 2 amide bonds. The molecule has 4 aromatic rings. The predicted molar refractivity (Wildman–Crippen MR) is 120 cm³/mol. The standard InChI is InChI=1S/C24H19FN4O4/c1-2-32-23(30)16-8-10-17(11-9-16)26-24(31)27-18-12-13-20(25)19(14-18)22-29-28-21(33-22)15-6-4-3-5-7-15/h3-14H,2H2,1H3,(H2,26,27,31). The number of aromatic nitrogens is 2. The summed E-state index contributed by atoms with van der Waals surface area (Å²) in [5.41, 5.74) is 1.93. The van der Waals surface area contributed by atoms with Gasteiger partial charge in [-0.2, -0.15) is 0 Å². The minimum Gasteiger partial charge on any atom is -0.462 e. The van der Waals surface area contributed by atoms with Crippen molar-refractivity contribution in [3.8, 4) is 22.9 Å². The third kappa shape index (κ3) is 5.21. The summed E-state index contributed by atoms with van der Waals surface area (Å²) >= 11 is 0. The van der Waals surface area contributed by atoms with E-state index in [2.05, 4.69) is 20.8 Å². The fourth-order valence-corrected chi connectivity index (χ4v) is 2.99. The summed E-state index contributed by atoms with van der Waals surface area (Å²) < 4.78 is 25.0. The van der Waals surface area contributed by atoms with Gasteiger partial charge in [-0.3, -0.25) is 0 Å². The zero-order chi connectivity index (χ0) is 23.2. The zero-order valence-electron chi connectivity index (χ0n) is 17.5. The van der Waals surface area contributed by atoms with Crippen LogP contribution in [0.4, 0.5) is 20.6 Å². The molecule has 9 heteroatoms. The number of benzene rings is 3. The third-order valence-electron chi connectivity index (χ3n) is 4.55. The van der Waals surface area contributed by atoms with Crippen LogP contribution in [-0.4, -0.2) is 28.8 Å². The first kappa shape index (κ1) is 21.7. The molecule has 0 aliphatic heterocycles. The van der Waals surface area contributed by atoms with Crippen LogP contribution in [0.5, 0.6) is 0 Å². The summed E-state index contributed by atoms with van der Waals surface area (Å²) in [6.45, 7) is 2.00. The number of carbonyl (C=O) groups is 2. The highest BCUT2D eigenvalue weighted by Crippen LogP contribution is 2.28. The van der Waals surface area contributed by atoms with E-state index in [1.54, 1.807) is 43.3 Å². The molecule has 0 aliphatic rings. The summed E-state index contributed by atoms with van der Waals surface area (Å²) in [5, 5.41) is 13.2. The lowest BCUT2D eigenvalue weighted by atomic mass is 10.2. The molecule has 0 radical (unpaired) electrons. The van der Waals surface area contributed by atoms with E-state index < -0.39 is 17.8 Å². The van der Waals surface area contributed by atoms with Crippen molar-refractivity contribution in [2.24, 2.45) is 0 Å². The number of nitrogens with one attached hydrogen (secondary N) is 2. The van der Waals surface area contributed by atoms with Gasteiger partial charge in [0.1, 0.15) is 5.82 Å². The number of ether oxygens (including phenoxy) is 1. The van der Waals surface area contributed by atoms with Gasteiger partial charge in [0.05, 0.1) is 17.7 Å². The molecular formula is C24H19FN4O4. The normalized spacial score (nSPS) is 10.5. The Morgan fingerprint density at radius 2 is 1.58 bits per heavy atom. The lowest BCUT2D eigenvalue weighted by Gasteiger charge is -2.09. The number of amides is 2. The van der Waals surface area contributed by atoms with E-state index in [1.165, 1.54) is 18.2 Å². The second kappa shape index (κ2) is 9.73. The average molecular weight is 446 g/mol. The van der Waals surface area contributed by atoms with Gasteiger partial charge in [-0.1, -0.05) is 18.2 Å². The first-order valence-electron chi connectivity index (χ1n) is 10.1. The highest BCUT2D eigenvalue weighted by atomic mass is 19.1. The van der Waals surface area contributed by atoms with Crippen LogP contribution in [0.2, 0.25) is 0 Å². The Morgan fingerprint density at radius 3 is 2.30 bits per heavy atom. The van der Waals surface area contributed by atoms with E-state index in [4.69, 9.17) is 9.15 Å². The summed E-state index contributed by atoms with van der Waals surface area (Å²) in [6.07, 6.45) is 0. The van der Waals surface area contributed by atoms with E-state index in [9.17, 15) is 14.0 Å². The number of rotatable bonds is 6. The van der Waals surface area contributed by atoms with Gasteiger partial charge in [-0.15, -0.1) is 10.2 Å². The van der Waals surface area contributed by atoms with Crippen LogP contribution in [0.3, 0.4) is 0 Å². The minimum atomic E-state index is -0.571. The summed E-state index contributed by atoms with van der Waals surface area (Å²) in [7, 11) is 0. The molecule has 33 heavy (non-hydrogen) atoms. The maximum absolute atomic E-state index is 14.4. The van der Waals surface area contributed by atoms with Gasteiger partial charge in [-0.25, -0.2) is 14.0 Å². The van der Waals surface area contributed by atoms with Crippen LogP contribution in [0, 0.1) is 5.82 Å². The van der Waals surface area contributed by atoms with Gasteiger partial charge in [0.2, 0.25) is 5.89 Å². The van der Waals surface area contributed by atoms with Crippen LogP contribution in [0.25, 0.3) is 22.9 Å². The molecule has 0 fully saturated rings. The van der Waals surface area contributed by atoms with E-state index in [-0.39, 0.29) is 24.0 Å². The zero-order valence-corrected chi connectivity index (χ0v) is 17.5. The molecule has 8 nitrogen and oxygen atoms in total. The number of anilines is 2. The van der Waals surface area contributed by atoms with Gasteiger partial charge in [0.25, 0.3) is 5.89 Å². The van der Waals surface area contributed by atoms with Crippen molar-refractivity contribution >= 4 is 23.4 Å². The minimum absolute atomic E-state index is 0.00929. The molecule has 0 saturated heterocycles. The highest BCUT2D eigenvalue weighted by Gasteiger charge is 2.16. The number of hydrogen-bond donors (Lipinski definition) is 2. The molecule has 0 bridgehead atoms. The lowest BCUT2D eigenvalue weighted by molar-refractivity contribution is 0.0526. The largest absolute Gasteiger partial charge is 0.462 e. The lowest BCUT2D eigenvalue weighted by Crippen LogP contribution is -2.19. The van der Waals surface area contributed by atoms with E-state index >= 15 is 0 Å². The smallest absolute Gasteiger partial charge is 0.338 e. The maximum atomic E-state index is 14.4. The summed E-state index contributed by atoms with van der Waals surface area (Å²) in [6, 6.07) is 18.8. The fraction of sp³-hybridized carbons (Fsp3) is 0.0833. The average Bonchev–Trinajstić information content (AvgIpc) is 3.32. The highest BCUT2D eigenvalue weighted by molar-refractivity contribution is 6.00. The molecule has 1 heterocycles. The van der Waals surface area contributed by atoms with Crippen molar-refractivity contribution in [2.75, 3.05) is 17.2 Å². The molecule has 2 N–H and O–H groups in total. The summed E-state index contributed by atoms with van der Waals surface area (Å²) in [4.78, 5) is 24.1. The third-order valence-corrected chi connectivity index (χ3v) is 4.55. The van der Waals surface area contributed by atoms with Gasteiger partial charge in [0, 0.05) is 16.9 Å². The number of hydrogen-bond acceptors (Lipinski definition) is 6. The molecule has 1 aromatic heterocycles. The molecule has 4 rings (SSSR count). The molecule has 166 valence electrons. The molecule has 0 saturated carbocycles. The Morgan fingerprint density at radius 1 is 0.909 bits per heavy atom. The van der Waals surface area contributed by atoms with E-state index in [1.807, 2.05) is 18.2 Å². The first-order valence-corrected chi connectivity index (χ1v) is 10.1. The Labute approximate surface area is 188 Å². The Kier molecular flexibility index (Phi) is 6.40. The monoisotopic (exact) mass is 446 g/mol. The molecule has 0 aliphatic carbocycles. The van der Waals surface area contributed by atoms with Crippen molar-refractivity contribution in [3.63, 3.8) is 0 Å². The van der Waals surface area contributed by atoms with Crippen molar-refractivity contribution in [1.82, 2.24) is 10.2 Å². The van der Waals surface area contributed by atoms with Crippen LogP contribution in [0.1, 0.15) is 17.3 Å². The topological polar surface area (TPSA) is 106 Å². The number of halogens is 1. The molecular weight excluding hydrogens is 427 g/mol. The number of nitrogens with zero attached hydrogens (tertiary/aromatic N) is 2. The summed E-state index contributed by atoms with van der Waals surface area (Å²) in [5.74, 6) is -0.764. The SMILES string of the molecule is CCOC(=O)c1ccc(NC(=O)Nc2ccc(F)c(-c3nnc(-c4ccccc4)o3)c2)cc1. The van der Waals surface area contributed by atoms with Gasteiger partial charge in [0.15, 0.2) is 0 Å². The first-order chi connectivity index (χ1) is 16.0. The molecule has 3 aromatic carbocycles. The second-order valence-electron chi connectivity index (χ2n) is 6.85. The Bertz CT molecular complexity index is 1270. The van der Waals surface area contributed by atoms with Gasteiger partial charge < -0.3 is 19.8 Å². The fourth-order valence-electron chi connectivity index (χ4n) is 2.99. The molecule has 0 spiro atoms. The maximum Gasteiger partial charge on any atom is 0.338 e. The predicted octanol–water partition coefficient (Wildman–Crippen LogP) is 5.36. The Hall–Kier alpha value is -4.53. The van der Waals surface area contributed by atoms with Crippen molar-refractivity contribution in [3.05, 3.63) is 84.2 Å². The number of urea groups is 1. The van der Waals surface area contributed by atoms with Crippen LogP contribution in [0.15, 0.2) is 77.2 Å². The molecule has 0 atom stereocenters. The van der Waals surface area contributed by atoms with E-state index in [0.717, 1.165) is 0 Å². The van der Waals surface area contributed by atoms with Crippen molar-refractivity contribution in [1.29, 1.82) is 0 Å².